The summed E-state index contributed by atoms with van der Waals surface area (Å²) in [5.74, 6) is -1.09. The molecule has 0 heterocycles. The van der Waals surface area contributed by atoms with Crippen molar-refractivity contribution in [2.24, 2.45) is 0 Å². The van der Waals surface area contributed by atoms with E-state index >= 15 is 0 Å². The molecule has 0 spiro atoms. The Bertz CT molecular complexity index is 470. The van der Waals surface area contributed by atoms with Crippen LogP contribution in [0.2, 0.25) is 0 Å². The Hall–Kier alpha value is 0.326. The fraction of sp³-hybridized carbons (Fsp3) is 0.720. The van der Waals surface area contributed by atoms with Crippen molar-refractivity contribution in [3.8, 4) is 0 Å². The van der Waals surface area contributed by atoms with Crippen LogP contribution in [0.1, 0.15) is 126 Å². The van der Waals surface area contributed by atoms with Crippen LogP contribution >= 0.6 is 0 Å². The molecular weight excluding hydrogens is 371 g/mol. The van der Waals surface area contributed by atoms with Gasteiger partial charge in [0, 0.05) is 0 Å². The quantitative estimate of drug-likeness (QED) is 0.271. The van der Waals surface area contributed by atoms with E-state index in [9.17, 15) is 9.90 Å². The molecule has 0 bridgehead atoms. The fourth-order valence-corrected chi connectivity index (χ4v) is 3.68. The third-order valence-corrected chi connectivity index (χ3v) is 5.51. The van der Waals surface area contributed by atoms with Gasteiger partial charge in [-0.3, -0.25) is 0 Å². The molecule has 0 saturated heterocycles. The third kappa shape index (κ3) is 16.2. The van der Waals surface area contributed by atoms with Crippen LogP contribution in [0.15, 0.2) is 24.3 Å². The number of benzene rings is 1. The Kier molecular flexibility index (Phi) is 20.8. The van der Waals surface area contributed by atoms with E-state index in [0.717, 1.165) is 6.42 Å². The Balaban J connectivity index is 0.00000729. The zero-order chi connectivity index (χ0) is 19.6. The van der Waals surface area contributed by atoms with E-state index in [-0.39, 0.29) is 56.9 Å². The molecule has 0 aliphatic carbocycles. The fourth-order valence-electron chi connectivity index (χ4n) is 3.68. The number of carbonyl (C=O) groups is 1. The summed E-state index contributed by atoms with van der Waals surface area (Å²) in [6.45, 7) is 2.28. The van der Waals surface area contributed by atoms with Crippen LogP contribution < -0.4 is 56.5 Å². The van der Waals surface area contributed by atoms with Crippen LogP contribution in [0, 0.1) is 0 Å². The number of carboxylic acids is 1. The molecule has 1 rings (SSSR count). The molecule has 0 saturated carbocycles. The summed E-state index contributed by atoms with van der Waals surface area (Å²) >= 11 is 0. The number of hydrogen-bond donors (Lipinski definition) is 0. The molecule has 0 amide bonds. The van der Waals surface area contributed by atoms with Crippen LogP contribution in [0.25, 0.3) is 0 Å². The molecule has 0 aliphatic rings. The molecule has 3 heteroatoms. The normalized spacial score (nSPS) is 10.6. The molecule has 28 heavy (non-hydrogen) atoms. The SMILES string of the molecule is CCCCCCCCCCCCCCCCCCc1ccc(C(=O)[O-])cc1.[K+]. The van der Waals surface area contributed by atoms with Crippen molar-refractivity contribution in [1.82, 2.24) is 0 Å². The first kappa shape index (κ1) is 28.3. The van der Waals surface area contributed by atoms with Gasteiger partial charge in [-0.25, -0.2) is 0 Å². The summed E-state index contributed by atoms with van der Waals surface area (Å²) in [6, 6.07) is 7.13. The second-order valence-electron chi connectivity index (χ2n) is 8.04. The molecule has 0 aromatic heterocycles. The first-order valence-electron chi connectivity index (χ1n) is 11.5. The summed E-state index contributed by atoms with van der Waals surface area (Å²) < 4.78 is 0. The summed E-state index contributed by atoms with van der Waals surface area (Å²) in [7, 11) is 0. The molecule has 1 aromatic rings. The predicted octanol–water partition coefficient (Wildman–Crippen LogP) is 3.86. The number of rotatable bonds is 18. The van der Waals surface area contributed by atoms with Crippen molar-refractivity contribution in [3.05, 3.63) is 35.4 Å². The molecule has 0 unspecified atom stereocenters. The summed E-state index contributed by atoms with van der Waals surface area (Å²) in [5, 5.41) is 10.7. The van der Waals surface area contributed by atoms with Gasteiger partial charge in [0.15, 0.2) is 0 Å². The zero-order valence-corrected chi connectivity index (χ0v) is 21.8. The Morgan fingerprint density at radius 1 is 0.643 bits per heavy atom. The molecule has 154 valence electrons. The van der Waals surface area contributed by atoms with E-state index in [1.54, 1.807) is 12.1 Å². The van der Waals surface area contributed by atoms with E-state index in [1.165, 1.54) is 108 Å². The Labute approximate surface area is 216 Å². The van der Waals surface area contributed by atoms with Gasteiger partial charge in [0.05, 0.1) is 5.97 Å². The number of aromatic carboxylic acids is 1. The second-order valence-corrected chi connectivity index (χ2v) is 8.04. The third-order valence-electron chi connectivity index (χ3n) is 5.51. The average Bonchev–Trinajstić information content (AvgIpc) is 2.68. The van der Waals surface area contributed by atoms with Gasteiger partial charge in [0.2, 0.25) is 0 Å². The van der Waals surface area contributed by atoms with Crippen LogP contribution in [0.3, 0.4) is 0 Å². The van der Waals surface area contributed by atoms with Crippen LogP contribution in [-0.4, -0.2) is 5.97 Å². The van der Waals surface area contributed by atoms with E-state index < -0.39 is 5.97 Å². The standard InChI is InChI=1S/C25H42O2.K/c1-2-3-4-5-6-7-8-9-10-11-12-13-14-15-16-17-18-23-19-21-24(22-20-23)25(26)27;/h19-22H,2-18H2,1H3,(H,26,27);/q;+1/p-1. The van der Waals surface area contributed by atoms with Gasteiger partial charge < -0.3 is 9.90 Å². The van der Waals surface area contributed by atoms with Gasteiger partial charge >= 0.3 is 51.4 Å². The number of unbranched alkanes of at least 4 members (excludes halogenated alkanes) is 15. The number of hydrogen-bond acceptors (Lipinski definition) is 2. The van der Waals surface area contributed by atoms with Gasteiger partial charge in [-0.05, 0) is 24.0 Å². The largest absolute Gasteiger partial charge is 1.00 e. The molecule has 0 radical (unpaired) electrons. The van der Waals surface area contributed by atoms with E-state index in [4.69, 9.17) is 0 Å². The van der Waals surface area contributed by atoms with E-state index in [2.05, 4.69) is 6.92 Å². The summed E-state index contributed by atoms with van der Waals surface area (Å²) in [4.78, 5) is 10.7. The monoisotopic (exact) mass is 412 g/mol. The number of carboxylic acid groups (broad SMARTS) is 1. The summed E-state index contributed by atoms with van der Waals surface area (Å²) in [6.07, 6.45) is 23.3. The first-order valence-corrected chi connectivity index (χ1v) is 11.5. The van der Waals surface area contributed by atoms with E-state index in [0.29, 0.717) is 0 Å². The maximum absolute atomic E-state index is 10.7. The van der Waals surface area contributed by atoms with Crippen molar-refractivity contribution in [2.75, 3.05) is 0 Å². The van der Waals surface area contributed by atoms with Crippen LogP contribution in [-0.2, 0) is 6.42 Å². The maximum atomic E-state index is 10.7. The minimum Gasteiger partial charge on any atom is -0.545 e. The van der Waals surface area contributed by atoms with Crippen molar-refractivity contribution >= 4 is 5.97 Å². The van der Waals surface area contributed by atoms with Crippen LogP contribution in [0.5, 0.6) is 0 Å². The van der Waals surface area contributed by atoms with Crippen molar-refractivity contribution in [1.29, 1.82) is 0 Å². The predicted molar refractivity (Wildman–Crippen MR) is 114 cm³/mol. The topological polar surface area (TPSA) is 40.1 Å². The van der Waals surface area contributed by atoms with Gasteiger partial charge in [0.1, 0.15) is 0 Å². The minimum absolute atomic E-state index is 0. The Morgan fingerprint density at radius 3 is 1.36 bits per heavy atom. The Morgan fingerprint density at radius 2 is 1.00 bits per heavy atom. The number of aryl methyl sites for hydroxylation is 1. The molecular formula is C25H41KO2. The van der Waals surface area contributed by atoms with Crippen LogP contribution in [0.4, 0.5) is 0 Å². The summed E-state index contributed by atoms with van der Waals surface area (Å²) in [5.41, 5.74) is 1.50. The zero-order valence-electron chi connectivity index (χ0n) is 18.6. The van der Waals surface area contributed by atoms with Gasteiger partial charge in [0.25, 0.3) is 0 Å². The van der Waals surface area contributed by atoms with Crippen molar-refractivity contribution in [3.63, 3.8) is 0 Å². The minimum atomic E-state index is -1.09. The number of carbonyl (C=O) groups excluding carboxylic acids is 1. The van der Waals surface area contributed by atoms with Crippen molar-refractivity contribution in [2.45, 2.75) is 116 Å². The maximum Gasteiger partial charge on any atom is 1.00 e. The van der Waals surface area contributed by atoms with Crippen molar-refractivity contribution < 1.29 is 61.3 Å². The molecule has 2 nitrogen and oxygen atoms in total. The molecule has 1 aromatic carbocycles. The first-order chi connectivity index (χ1) is 13.2. The molecule has 0 N–H and O–H groups in total. The van der Waals surface area contributed by atoms with Gasteiger partial charge in [-0.2, -0.15) is 0 Å². The smallest absolute Gasteiger partial charge is 0.545 e. The second kappa shape index (κ2) is 20.6. The molecule has 0 atom stereocenters. The average molecular weight is 413 g/mol. The van der Waals surface area contributed by atoms with Gasteiger partial charge in [-0.15, -0.1) is 0 Å². The van der Waals surface area contributed by atoms with E-state index in [1.807, 2.05) is 12.1 Å². The molecule has 0 fully saturated rings. The molecule has 0 aliphatic heterocycles. The van der Waals surface area contributed by atoms with Gasteiger partial charge in [-0.1, -0.05) is 128 Å².